The lowest BCUT2D eigenvalue weighted by Crippen LogP contribution is -2.52. The average molecular weight is 316 g/mol. The molecule has 1 unspecified atom stereocenters. The molecule has 1 aliphatic rings. The fourth-order valence-corrected chi connectivity index (χ4v) is 2.59. The normalized spacial score (nSPS) is 16.3. The van der Waals surface area contributed by atoms with Gasteiger partial charge in [-0.3, -0.25) is 0 Å². The lowest BCUT2D eigenvalue weighted by Gasteiger charge is -2.35. The van der Waals surface area contributed by atoms with Gasteiger partial charge in [0.25, 0.3) is 0 Å². The molecule has 9 heteroatoms. The Morgan fingerprint density at radius 3 is 2.52 bits per heavy atom. The van der Waals surface area contributed by atoms with Gasteiger partial charge in [-0.1, -0.05) is 0 Å². The zero-order valence-electron chi connectivity index (χ0n) is 13.3. The maximum absolute atomic E-state index is 12.4. The van der Waals surface area contributed by atoms with Crippen LogP contribution in [0.3, 0.4) is 0 Å². The maximum Gasteiger partial charge on any atom is 0.318 e. The third-order valence-electron chi connectivity index (χ3n) is 3.88. The van der Waals surface area contributed by atoms with E-state index >= 15 is 0 Å². The molecule has 1 aliphatic heterocycles. The molecular formula is C14H20N8O. The van der Waals surface area contributed by atoms with Crippen molar-refractivity contribution in [3.63, 3.8) is 0 Å². The third-order valence-corrected chi connectivity index (χ3v) is 3.88. The zero-order valence-corrected chi connectivity index (χ0v) is 13.3. The van der Waals surface area contributed by atoms with E-state index in [2.05, 4.69) is 30.4 Å². The van der Waals surface area contributed by atoms with Crippen molar-refractivity contribution in [2.45, 2.75) is 13.0 Å². The summed E-state index contributed by atoms with van der Waals surface area (Å²) in [4.78, 5) is 24.7. The quantitative estimate of drug-likeness (QED) is 0.869. The molecule has 0 spiro atoms. The Morgan fingerprint density at radius 2 is 1.91 bits per heavy atom. The summed E-state index contributed by atoms with van der Waals surface area (Å²) in [6, 6.07) is 1.51. The van der Waals surface area contributed by atoms with Crippen LogP contribution in [0.1, 0.15) is 18.8 Å². The van der Waals surface area contributed by atoms with Gasteiger partial charge in [0.2, 0.25) is 5.95 Å². The minimum absolute atomic E-state index is 0.0888. The summed E-state index contributed by atoms with van der Waals surface area (Å²) >= 11 is 0. The highest BCUT2D eigenvalue weighted by Gasteiger charge is 2.24. The Balaban J connectivity index is 1.53. The molecule has 0 saturated carbocycles. The lowest BCUT2D eigenvalue weighted by molar-refractivity contribution is 0.190. The second-order valence-corrected chi connectivity index (χ2v) is 5.49. The van der Waals surface area contributed by atoms with E-state index in [1.165, 1.54) is 0 Å². The number of anilines is 1. The molecule has 1 saturated heterocycles. The molecular weight excluding hydrogens is 296 g/mol. The summed E-state index contributed by atoms with van der Waals surface area (Å²) < 4.78 is 1.80. The highest BCUT2D eigenvalue weighted by molar-refractivity contribution is 5.74. The first kappa shape index (κ1) is 15.2. The van der Waals surface area contributed by atoms with Gasteiger partial charge in [-0.2, -0.15) is 0 Å². The molecule has 0 radical (unpaired) electrons. The first-order valence-electron chi connectivity index (χ1n) is 7.56. The molecule has 3 heterocycles. The monoisotopic (exact) mass is 316 g/mol. The van der Waals surface area contributed by atoms with Crippen molar-refractivity contribution in [3.8, 4) is 0 Å². The van der Waals surface area contributed by atoms with Gasteiger partial charge in [0.15, 0.2) is 5.82 Å². The number of nitrogens with one attached hydrogen (secondary N) is 1. The van der Waals surface area contributed by atoms with Crippen molar-refractivity contribution in [1.82, 2.24) is 34.9 Å². The summed E-state index contributed by atoms with van der Waals surface area (Å²) in [7, 11) is 1.86. The summed E-state index contributed by atoms with van der Waals surface area (Å²) in [5.74, 6) is 1.44. The van der Waals surface area contributed by atoms with Crippen LogP contribution in [-0.2, 0) is 7.05 Å². The summed E-state index contributed by atoms with van der Waals surface area (Å²) in [5, 5.41) is 10.8. The van der Waals surface area contributed by atoms with Crippen LogP contribution in [0, 0.1) is 0 Å². The van der Waals surface area contributed by atoms with Gasteiger partial charge in [0, 0.05) is 45.6 Å². The lowest BCUT2D eigenvalue weighted by atomic mass is 10.3. The third kappa shape index (κ3) is 3.38. The molecule has 1 N–H and O–H groups in total. The SMILES string of the molecule is CC(NC(=O)N1CCN(c2ncccn2)CC1)c1nncn1C. The van der Waals surface area contributed by atoms with Crippen molar-refractivity contribution in [1.29, 1.82) is 0 Å². The molecule has 122 valence electrons. The van der Waals surface area contributed by atoms with E-state index in [4.69, 9.17) is 0 Å². The predicted octanol–water partition coefficient (Wildman–Crippen LogP) is 0.198. The van der Waals surface area contributed by atoms with E-state index in [9.17, 15) is 4.79 Å². The van der Waals surface area contributed by atoms with Gasteiger partial charge in [-0.15, -0.1) is 10.2 Å². The Kier molecular flexibility index (Phi) is 4.35. The Morgan fingerprint density at radius 1 is 1.22 bits per heavy atom. The highest BCUT2D eigenvalue weighted by atomic mass is 16.2. The Hall–Kier alpha value is -2.71. The molecule has 9 nitrogen and oxygen atoms in total. The van der Waals surface area contributed by atoms with Gasteiger partial charge >= 0.3 is 6.03 Å². The van der Waals surface area contributed by atoms with Crippen LogP contribution >= 0.6 is 0 Å². The van der Waals surface area contributed by atoms with Crippen LogP contribution < -0.4 is 10.2 Å². The molecule has 2 amide bonds. The number of rotatable bonds is 3. The number of aryl methyl sites for hydroxylation is 1. The molecule has 23 heavy (non-hydrogen) atoms. The summed E-state index contributed by atoms with van der Waals surface area (Å²) in [6.07, 6.45) is 5.07. The molecule has 0 bridgehead atoms. The summed E-state index contributed by atoms with van der Waals surface area (Å²) in [6.45, 7) is 4.60. The van der Waals surface area contributed by atoms with Crippen LogP contribution in [0.4, 0.5) is 10.7 Å². The largest absolute Gasteiger partial charge is 0.337 e. The smallest absolute Gasteiger partial charge is 0.318 e. The fourth-order valence-electron chi connectivity index (χ4n) is 2.59. The zero-order chi connectivity index (χ0) is 16.2. The topological polar surface area (TPSA) is 92.1 Å². The summed E-state index contributed by atoms with van der Waals surface area (Å²) in [5.41, 5.74) is 0. The fraction of sp³-hybridized carbons (Fsp3) is 0.500. The minimum atomic E-state index is -0.189. The van der Waals surface area contributed by atoms with Gasteiger partial charge in [0.05, 0.1) is 6.04 Å². The van der Waals surface area contributed by atoms with Crippen LogP contribution in [0.15, 0.2) is 24.8 Å². The Labute approximate surface area is 134 Å². The van der Waals surface area contributed by atoms with E-state index in [1.807, 2.05) is 14.0 Å². The van der Waals surface area contributed by atoms with Crippen molar-refractivity contribution in [2.75, 3.05) is 31.1 Å². The van der Waals surface area contributed by atoms with Gasteiger partial charge in [-0.05, 0) is 13.0 Å². The van der Waals surface area contributed by atoms with E-state index < -0.39 is 0 Å². The standard InChI is InChI=1S/C14H20N8O/c1-11(12-19-17-10-20(12)2)18-14(23)22-8-6-21(7-9-22)13-15-4-3-5-16-13/h3-5,10-11H,6-9H2,1-2H3,(H,18,23). The number of urea groups is 1. The molecule has 0 aromatic carbocycles. The van der Waals surface area contributed by atoms with Crippen LogP contribution in [0.25, 0.3) is 0 Å². The highest BCUT2D eigenvalue weighted by Crippen LogP contribution is 2.12. The molecule has 1 fully saturated rings. The van der Waals surface area contributed by atoms with E-state index in [0.717, 1.165) is 18.9 Å². The molecule has 3 rings (SSSR count). The average Bonchev–Trinajstić information content (AvgIpc) is 3.02. The molecule has 1 atom stereocenters. The number of aromatic nitrogens is 5. The van der Waals surface area contributed by atoms with Crippen molar-refractivity contribution >= 4 is 12.0 Å². The first-order chi connectivity index (χ1) is 11.1. The maximum atomic E-state index is 12.4. The minimum Gasteiger partial charge on any atom is -0.337 e. The predicted molar refractivity (Wildman–Crippen MR) is 83.8 cm³/mol. The number of nitrogens with zero attached hydrogens (tertiary/aromatic N) is 7. The molecule has 0 aliphatic carbocycles. The number of amides is 2. The molecule has 2 aromatic heterocycles. The van der Waals surface area contributed by atoms with Gasteiger partial charge in [-0.25, -0.2) is 14.8 Å². The van der Waals surface area contributed by atoms with Gasteiger partial charge < -0.3 is 19.7 Å². The first-order valence-corrected chi connectivity index (χ1v) is 7.56. The number of carbonyl (C=O) groups excluding carboxylic acids is 1. The van der Waals surface area contributed by atoms with Crippen molar-refractivity contribution in [2.24, 2.45) is 7.05 Å². The molecule has 2 aromatic rings. The number of hydrogen-bond acceptors (Lipinski definition) is 6. The number of piperazine rings is 1. The van der Waals surface area contributed by atoms with Crippen LogP contribution in [-0.4, -0.2) is 61.8 Å². The van der Waals surface area contributed by atoms with Gasteiger partial charge in [0.1, 0.15) is 6.33 Å². The van der Waals surface area contributed by atoms with Crippen LogP contribution in [0.2, 0.25) is 0 Å². The van der Waals surface area contributed by atoms with E-state index in [1.54, 1.807) is 34.3 Å². The second-order valence-electron chi connectivity index (χ2n) is 5.49. The second kappa shape index (κ2) is 6.59. The number of hydrogen-bond donors (Lipinski definition) is 1. The number of carbonyl (C=O) groups is 1. The van der Waals surface area contributed by atoms with Crippen molar-refractivity contribution < 1.29 is 4.79 Å². The van der Waals surface area contributed by atoms with Crippen molar-refractivity contribution in [3.05, 3.63) is 30.6 Å². The van der Waals surface area contributed by atoms with E-state index in [0.29, 0.717) is 19.0 Å². The Bertz CT molecular complexity index is 650. The van der Waals surface area contributed by atoms with E-state index in [-0.39, 0.29) is 12.1 Å². The van der Waals surface area contributed by atoms with Crippen LogP contribution in [0.5, 0.6) is 0 Å².